The topological polar surface area (TPSA) is 75.9 Å². The molecule has 2 aromatic rings. The van der Waals surface area contributed by atoms with Crippen molar-refractivity contribution in [1.29, 1.82) is 0 Å². The Kier molecular flexibility index (Phi) is 5.41. The smallest absolute Gasteiger partial charge is 0.315 e. The third-order valence-corrected chi connectivity index (χ3v) is 4.52. The van der Waals surface area contributed by atoms with E-state index >= 15 is 0 Å². The highest BCUT2D eigenvalue weighted by molar-refractivity contribution is 5.87. The van der Waals surface area contributed by atoms with Gasteiger partial charge in [-0.05, 0) is 42.7 Å². The standard InChI is InChI=1S/C20H23N3O3/c1-22(19(24)18-8-5-13-23(18)20(21)25)14-15-9-11-17(12-10-15)26-16-6-3-2-4-7-16/h2-4,6-7,9-12,18H,5,8,13-14H2,1H3,(H2,21,25)/t18-/m0/s1. The van der Waals surface area contributed by atoms with Crippen LogP contribution in [0.2, 0.25) is 0 Å². The predicted octanol–water partition coefficient (Wildman–Crippen LogP) is 2.98. The van der Waals surface area contributed by atoms with Crippen molar-refractivity contribution in [2.75, 3.05) is 13.6 Å². The van der Waals surface area contributed by atoms with Gasteiger partial charge in [-0.2, -0.15) is 0 Å². The second-order valence-electron chi connectivity index (χ2n) is 6.44. The lowest BCUT2D eigenvalue weighted by Crippen LogP contribution is -2.48. The van der Waals surface area contributed by atoms with Gasteiger partial charge in [0.1, 0.15) is 17.5 Å². The number of rotatable bonds is 5. The van der Waals surface area contributed by atoms with Crippen LogP contribution in [-0.2, 0) is 11.3 Å². The van der Waals surface area contributed by atoms with Crippen LogP contribution in [0.3, 0.4) is 0 Å². The van der Waals surface area contributed by atoms with Crippen LogP contribution in [0.4, 0.5) is 4.79 Å². The molecule has 0 spiro atoms. The molecule has 1 atom stereocenters. The van der Waals surface area contributed by atoms with Gasteiger partial charge in [0.15, 0.2) is 0 Å². The molecule has 6 heteroatoms. The summed E-state index contributed by atoms with van der Waals surface area (Å²) in [4.78, 5) is 27.2. The lowest BCUT2D eigenvalue weighted by Gasteiger charge is -2.26. The van der Waals surface area contributed by atoms with Crippen molar-refractivity contribution >= 4 is 11.9 Å². The average molecular weight is 353 g/mol. The van der Waals surface area contributed by atoms with Gasteiger partial charge in [-0.15, -0.1) is 0 Å². The molecule has 1 saturated heterocycles. The monoisotopic (exact) mass is 353 g/mol. The first-order valence-corrected chi connectivity index (χ1v) is 8.67. The van der Waals surface area contributed by atoms with Crippen LogP contribution in [0.1, 0.15) is 18.4 Å². The minimum absolute atomic E-state index is 0.0779. The molecule has 6 nitrogen and oxygen atoms in total. The van der Waals surface area contributed by atoms with Crippen LogP contribution < -0.4 is 10.5 Å². The molecular formula is C20H23N3O3. The summed E-state index contributed by atoms with van der Waals surface area (Å²) in [6, 6.07) is 16.2. The fourth-order valence-corrected chi connectivity index (χ4v) is 3.18. The summed E-state index contributed by atoms with van der Waals surface area (Å²) in [7, 11) is 1.74. The zero-order valence-electron chi connectivity index (χ0n) is 14.8. The highest BCUT2D eigenvalue weighted by atomic mass is 16.5. The predicted molar refractivity (Wildman–Crippen MR) is 98.7 cm³/mol. The summed E-state index contributed by atoms with van der Waals surface area (Å²) < 4.78 is 5.77. The van der Waals surface area contributed by atoms with E-state index in [1.165, 1.54) is 4.90 Å². The Morgan fingerprint density at radius 2 is 1.77 bits per heavy atom. The number of carbonyl (C=O) groups is 2. The van der Waals surface area contributed by atoms with Crippen LogP contribution in [0, 0.1) is 0 Å². The molecule has 0 unspecified atom stereocenters. The molecule has 0 saturated carbocycles. The summed E-state index contributed by atoms with van der Waals surface area (Å²) in [6.45, 7) is 1.01. The molecule has 2 N–H and O–H groups in total. The lowest BCUT2D eigenvalue weighted by atomic mass is 10.1. The van der Waals surface area contributed by atoms with Gasteiger partial charge in [0.05, 0.1) is 0 Å². The van der Waals surface area contributed by atoms with Crippen molar-refractivity contribution in [3.63, 3.8) is 0 Å². The van der Waals surface area contributed by atoms with E-state index in [9.17, 15) is 9.59 Å². The molecule has 1 fully saturated rings. The number of ether oxygens (including phenoxy) is 1. The number of nitrogens with zero attached hydrogens (tertiary/aromatic N) is 2. The van der Waals surface area contributed by atoms with Crippen LogP contribution in [-0.4, -0.2) is 41.4 Å². The summed E-state index contributed by atoms with van der Waals surface area (Å²) in [6.07, 6.45) is 1.47. The molecule has 2 aromatic carbocycles. The van der Waals surface area contributed by atoms with E-state index in [1.807, 2.05) is 54.6 Å². The number of para-hydroxylation sites is 1. The lowest BCUT2D eigenvalue weighted by molar-refractivity contribution is -0.134. The van der Waals surface area contributed by atoms with Gasteiger partial charge >= 0.3 is 6.03 Å². The first-order chi connectivity index (χ1) is 12.5. The van der Waals surface area contributed by atoms with Crippen LogP contribution in [0.25, 0.3) is 0 Å². The van der Waals surface area contributed by atoms with Crippen molar-refractivity contribution in [1.82, 2.24) is 9.80 Å². The van der Waals surface area contributed by atoms with Crippen LogP contribution in [0.5, 0.6) is 11.5 Å². The Morgan fingerprint density at radius 3 is 2.42 bits per heavy atom. The number of benzene rings is 2. The molecule has 1 heterocycles. The average Bonchev–Trinajstić information content (AvgIpc) is 3.13. The minimum Gasteiger partial charge on any atom is -0.457 e. The number of hydrogen-bond acceptors (Lipinski definition) is 3. The number of likely N-dealkylation sites (N-methyl/N-ethyl adjacent to an activating group) is 1. The maximum atomic E-state index is 12.6. The molecule has 1 aliphatic rings. The van der Waals surface area contributed by atoms with Gasteiger partial charge in [0.25, 0.3) is 0 Å². The van der Waals surface area contributed by atoms with E-state index in [4.69, 9.17) is 10.5 Å². The number of amides is 3. The van der Waals surface area contributed by atoms with E-state index in [1.54, 1.807) is 11.9 Å². The minimum atomic E-state index is -0.531. The largest absolute Gasteiger partial charge is 0.457 e. The Hall–Kier alpha value is -3.02. The highest BCUT2D eigenvalue weighted by Gasteiger charge is 2.34. The Bertz CT molecular complexity index is 762. The van der Waals surface area contributed by atoms with Gasteiger partial charge in [0.2, 0.25) is 5.91 Å². The molecule has 0 bridgehead atoms. The van der Waals surface area contributed by atoms with Crippen LogP contribution >= 0.6 is 0 Å². The number of likely N-dealkylation sites (tertiary alicyclic amines) is 1. The SMILES string of the molecule is CN(Cc1ccc(Oc2ccccc2)cc1)C(=O)[C@@H]1CCCN1C(N)=O. The van der Waals surface area contributed by atoms with Crippen molar-refractivity contribution in [2.45, 2.75) is 25.4 Å². The third-order valence-electron chi connectivity index (χ3n) is 4.52. The Balaban J connectivity index is 1.59. The summed E-state index contributed by atoms with van der Waals surface area (Å²) in [5.41, 5.74) is 6.35. The maximum absolute atomic E-state index is 12.6. The van der Waals surface area contributed by atoms with Gasteiger partial charge in [-0.25, -0.2) is 4.79 Å². The molecule has 0 radical (unpaired) electrons. The van der Waals surface area contributed by atoms with E-state index in [0.717, 1.165) is 23.5 Å². The van der Waals surface area contributed by atoms with Gasteiger partial charge in [-0.1, -0.05) is 30.3 Å². The van der Waals surface area contributed by atoms with Crippen molar-refractivity contribution in [3.05, 3.63) is 60.2 Å². The van der Waals surface area contributed by atoms with Crippen molar-refractivity contribution < 1.29 is 14.3 Å². The fraction of sp³-hybridized carbons (Fsp3) is 0.300. The molecule has 3 rings (SSSR count). The normalized spacial score (nSPS) is 16.3. The second-order valence-corrected chi connectivity index (χ2v) is 6.44. The summed E-state index contributed by atoms with van der Waals surface area (Å²) >= 11 is 0. The molecule has 0 aromatic heterocycles. The number of primary amides is 1. The molecular weight excluding hydrogens is 330 g/mol. The van der Waals surface area contributed by atoms with Gasteiger partial charge < -0.3 is 20.3 Å². The number of carbonyl (C=O) groups excluding carboxylic acids is 2. The van der Waals surface area contributed by atoms with E-state index in [-0.39, 0.29) is 5.91 Å². The van der Waals surface area contributed by atoms with E-state index in [2.05, 4.69) is 0 Å². The van der Waals surface area contributed by atoms with Crippen molar-refractivity contribution in [2.24, 2.45) is 5.73 Å². The first kappa shape index (κ1) is 17.8. The fourth-order valence-electron chi connectivity index (χ4n) is 3.18. The maximum Gasteiger partial charge on any atom is 0.315 e. The Labute approximate surface area is 153 Å². The number of nitrogens with two attached hydrogens (primary N) is 1. The molecule has 1 aliphatic heterocycles. The van der Waals surface area contributed by atoms with Gasteiger partial charge in [-0.3, -0.25) is 4.79 Å². The van der Waals surface area contributed by atoms with Crippen LogP contribution in [0.15, 0.2) is 54.6 Å². The second kappa shape index (κ2) is 7.91. The Morgan fingerprint density at radius 1 is 1.12 bits per heavy atom. The molecule has 0 aliphatic carbocycles. The zero-order valence-corrected chi connectivity index (χ0v) is 14.8. The molecule has 3 amide bonds. The summed E-state index contributed by atoms with van der Waals surface area (Å²) in [5, 5.41) is 0. The van der Waals surface area contributed by atoms with Crippen molar-refractivity contribution in [3.8, 4) is 11.5 Å². The third kappa shape index (κ3) is 4.14. The van der Waals surface area contributed by atoms with Gasteiger partial charge in [0, 0.05) is 20.1 Å². The number of urea groups is 1. The molecule has 26 heavy (non-hydrogen) atoms. The number of hydrogen-bond donors (Lipinski definition) is 1. The highest BCUT2D eigenvalue weighted by Crippen LogP contribution is 2.22. The molecule has 136 valence electrons. The first-order valence-electron chi connectivity index (χ1n) is 8.67. The van der Waals surface area contributed by atoms with E-state index < -0.39 is 12.1 Å². The van der Waals surface area contributed by atoms with E-state index in [0.29, 0.717) is 19.5 Å². The zero-order chi connectivity index (χ0) is 18.5. The quantitative estimate of drug-likeness (QED) is 0.898. The summed E-state index contributed by atoms with van der Waals surface area (Å²) in [5.74, 6) is 1.44.